The predicted molar refractivity (Wildman–Crippen MR) is 95.2 cm³/mol. The summed E-state index contributed by atoms with van der Waals surface area (Å²) in [7, 11) is 0. The van der Waals surface area contributed by atoms with Crippen molar-refractivity contribution in [1.82, 2.24) is 0 Å². The van der Waals surface area contributed by atoms with Crippen LogP contribution < -0.4 is 0 Å². The number of hydrogen-bond acceptors (Lipinski definition) is 5. The highest BCUT2D eigenvalue weighted by atomic mass is 16.5. The Morgan fingerprint density at radius 2 is 0.960 bits per heavy atom. The van der Waals surface area contributed by atoms with Crippen LogP contribution in [-0.2, 0) is 23.8 Å². The molecule has 2 aliphatic carbocycles. The van der Waals surface area contributed by atoms with Gasteiger partial charge in [-0.3, -0.25) is 9.59 Å². The number of ether oxygens (including phenoxy) is 3. The van der Waals surface area contributed by atoms with Gasteiger partial charge in [0.1, 0.15) is 12.2 Å². The molecule has 0 heterocycles. The van der Waals surface area contributed by atoms with Gasteiger partial charge in [0.15, 0.2) is 0 Å². The maximum absolute atomic E-state index is 11.6. The Kier molecular flexibility index (Phi) is 8.73. The zero-order valence-electron chi connectivity index (χ0n) is 15.8. The molecule has 0 bridgehead atoms. The normalized spacial score (nSPS) is 29.8. The first-order valence-electron chi connectivity index (χ1n) is 10.1. The first-order valence-corrected chi connectivity index (χ1v) is 10.1. The van der Waals surface area contributed by atoms with Crippen LogP contribution >= 0.6 is 0 Å². The molecule has 0 N–H and O–H groups in total. The Hall–Kier alpha value is -1.10. The van der Waals surface area contributed by atoms with E-state index in [0.29, 0.717) is 12.8 Å². The fraction of sp³-hybridized carbons (Fsp3) is 0.900. The van der Waals surface area contributed by atoms with Crippen LogP contribution in [0, 0.1) is 0 Å². The van der Waals surface area contributed by atoms with Crippen LogP contribution in [0.15, 0.2) is 0 Å². The molecule has 0 aromatic rings. The Balaban J connectivity index is 1.60. The first kappa shape index (κ1) is 20.2. The van der Waals surface area contributed by atoms with E-state index in [9.17, 15) is 9.59 Å². The third kappa shape index (κ3) is 7.35. The third-order valence-corrected chi connectivity index (χ3v) is 5.13. The minimum absolute atomic E-state index is 0.0668. The molecule has 0 spiro atoms. The molecule has 25 heavy (non-hydrogen) atoms. The Bertz CT molecular complexity index is 368. The first-order chi connectivity index (χ1) is 12.1. The van der Waals surface area contributed by atoms with Crippen molar-refractivity contribution < 1.29 is 23.8 Å². The summed E-state index contributed by atoms with van der Waals surface area (Å²) in [5, 5.41) is 0. The van der Waals surface area contributed by atoms with E-state index in [4.69, 9.17) is 14.2 Å². The fourth-order valence-electron chi connectivity index (χ4n) is 3.74. The molecule has 0 unspecified atom stereocenters. The quantitative estimate of drug-likeness (QED) is 0.608. The van der Waals surface area contributed by atoms with E-state index in [0.717, 1.165) is 64.2 Å². The van der Waals surface area contributed by atoms with Crippen LogP contribution in [0.2, 0.25) is 0 Å². The van der Waals surface area contributed by atoms with Gasteiger partial charge in [-0.25, -0.2) is 0 Å². The van der Waals surface area contributed by atoms with E-state index >= 15 is 0 Å². The van der Waals surface area contributed by atoms with Gasteiger partial charge in [0.25, 0.3) is 0 Å². The molecule has 0 aromatic carbocycles. The summed E-state index contributed by atoms with van der Waals surface area (Å²) in [5.74, 6) is -0.134. The summed E-state index contributed by atoms with van der Waals surface area (Å²) in [4.78, 5) is 23.1. The van der Waals surface area contributed by atoms with Gasteiger partial charge in [-0.2, -0.15) is 0 Å². The average molecular weight is 354 g/mol. The van der Waals surface area contributed by atoms with E-state index in [1.165, 1.54) is 0 Å². The largest absolute Gasteiger partial charge is 0.462 e. The van der Waals surface area contributed by atoms with Gasteiger partial charge in [-0.15, -0.1) is 0 Å². The van der Waals surface area contributed by atoms with E-state index < -0.39 is 0 Å². The molecule has 5 heteroatoms. The molecule has 2 saturated carbocycles. The van der Waals surface area contributed by atoms with Crippen LogP contribution in [-0.4, -0.2) is 36.4 Å². The van der Waals surface area contributed by atoms with Crippen LogP contribution in [0.1, 0.15) is 90.9 Å². The van der Waals surface area contributed by atoms with Gasteiger partial charge in [0.05, 0.1) is 12.2 Å². The zero-order valence-corrected chi connectivity index (χ0v) is 15.8. The smallest absolute Gasteiger partial charge is 0.306 e. The highest BCUT2D eigenvalue weighted by Gasteiger charge is 2.29. The molecule has 0 saturated heterocycles. The molecule has 5 nitrogen and oxygen atoms in total. The highest BCUT2D eigenvalue weighted by Crippen LogP contribution is 2.30. The van der Waals surface area contributed by atoms with E-state index in [1.54, 1.807) is 0 Å². The Morgan fingerprint density at radius 3 is 1.28 bits per heavy atom. The van der Waals surface area contributed by atoms with Gasteiger partial charge in [0.2, 0.25) is 0 Å². The standard InChI is InChI=1S/C20H34O5/c1-3-5-19(21)24-17-11-7-15(8-12-17)23-16-9-13-18(14-10-16)25-20(22)6-4-2/h15-18H,3-14H2,1-2H3. The number of hydrogen-bond donors (Lipinski definition) is 0. The lowest BCUT2D eigenvalue weighted by Crippen LogP contribution is -2.34. The van der Waals surface area contributed by atoms with Crippen LogP contribution in [0.25, 0.3) is 0 Å². The maximum atomic E-state index is 11.6. The second-order valence-corrected chi connectivity index (χ2v) is 7.41. The van der Waals surface area contributed by atoms with Crippen molar-refractivity contribution in [3.63, 3.8) is 0 Å². The number of carbonyl (C=O) groups excluding carboxylic acids is 2. The summed E-state index contributed by atoms with van der Waals surface area (Å²) >= 11 is 0. The lowest BCUT2D eigenvalue weighted by atomic mass is 9.92. The molecular weight excluding hydrogens is 320 g/mol. The summed E-state index contributed by atoms with van der Waals surface area (Å²) < 4.78 is 17.2. The zero-order chi connectivity index (χ0) is 18.1. The molecule has 2 rings (SSSR count). The number of esters is 2. The molecular formula is C20H34O5. The molecule has 0 amide bonds. The summed E-state index contributed by atoms with van der Waals surface area (Å²) in [5.41, 5.74) is 0. The summed E-state index contributed by atoms with van der Waals surface area (Å²) in [6, 6.07) is 0. The van der Waals surface area contributed by atoms with Crippen molar-refractivity contribution in [2.75, 3.05) is 0 Å². The van der Waals surface area contributed by atoms with Crippen LogP contribution in [0.3, 0.4) is 0 Å². The minimum atomic E-state index is -0.0668. The fourth-order valence-corrected chi connectivity index (χ4v) is 3.74. The molecule has 0 radical (unpaired) electrons. The van der Waals surface area contributed by atoms with Crippen LogP contribution in [0.5, 0.6) is 0 Å². The Labute approximate surface area is 151 Å². The minimum Gasteiger partial charge on any atom is -0.462 e. The van der Waals surface area contributed by atoms with Gasteiger partial charge in [-0.1, -0.05) is 13.8 Å². The molecule has 0 atom stereocenters. The van der Waals surface area contributed by atoms with Crippen molar-refractivity contribution in [3.8, 4) is 0 Å². The van der Waals surface area contributed by atoms with Crippen molar-refractivity contribution in [3.05, 3.63) is 0 Å². The van der Waals surface area contributed by atoms with Crippen molar-refractivity contribution in [2.45, 2.75) is 115 Å². The molecule has 2 fully saturated rings. The van der Waals surface area contributed by atoms with Gasteiger partial charge in [-0.05, 0) is 64.2 Å². The third-order valence-electron chi connectivity index (χ3n) is 5.13. The topological polar surface area (TPSA) is 61.8 Å². The molecule has 2 aliphatic rings. The van der Waals surface area contributed by atoms with Gasteiger partial charge in [0, 0.05) is 12.8 Å². The van der Waals surface area contributed by atoms with Crippen molar-refractivity contribution >= 4 is 11.9 Å². The Morgan fingerprint density at radius 1 is 0.640 bits per heavy atom. The predicted octanol–water partition coefficient (Wildman–Crippen LogP) is 4.31. The average Bonchev–Trinajstić information content (AvgIpc) is 2.59. The summed E-state index contributed by atoms with van der Waals surface area (Å²) in [6.45, 7) is 3.98. The molecule has 0 aromatic heterocycles. The summed E-state index contributed by atoms with van der Waals surface area (Å²) in [6.07, 6.45) is 10.9. The lowest BCUT2D eigenvalue weighted by Gasteiger charge is -2.34. The van der Waals surface area contributed by atoms with E-state index in [-0.39, 0.29) is 36.4 Å². The van der Waals surface area contributed by atoms with Crippen molar-refractivity contribution in [2.24, 2.45) is 0 Å². The van der Waals surface area contributed by atoms with E-state index in [1.807, 2.05) is 13.8 Å². The number of rotatable bonds is 8. The molecule has 144 valence electrons. The SMILES string of the molecule is CCCC(=O)OC1CCC(OC2CCC(OC(=O)CCC)CC2)CC1. The number of carbonyl (C=O) groups is 2. The second-order valence-electron chi connectivity index (χ2n) is 7.41. The lowest BCUT2D eigenvalue weighted by molar-refractivity contribution is -0.154. The highest BCUT2D eigenvalue weighted by molar-refractivity contribution is 5.69. The van der Waals surface area contributed by atoms with E-state index in [2.05, 4.69) is 0 Å². The maximum Gasteiger partial charge on any atom is 0.306 e. The van der Waals surface area contributed by atoms with Gasteiger partial charge >= 0.3 is 11.9 Å². The monoisotopic (exact) mass is 354 g/mol. The van der Waals surface area contributed by atoms with Crippen molar-refractivity contribution in [1.29, 1.82) is 0 Å². The second kappa shape index (κ2) is 10.8. The van der Waals surface area contributed by atoms with Crippen LogP contribution in [0.4, 0.5) is 0 Å². The molecule has 0 aliphatic heterocycles. The van der Waals surface area contributed by atoms with Gasteiger partial charge < -0.3 is 14.2 Å².